The molecule has 1 saturated carbocycles. The minimum atomic E-state index is 0.653. The SMILES string of the molecule is Cc1cc(C)c(-n2c3c(c4c(NC5CC5)cc(C)nc42)CCCC3)c(C)c1. The van der Waals surface area contributed by atoms with Crippen molar-refractivity contribution < 1.29 is 0 Å². The smallest absolute Gasteiger partial charge is 0.147 e. The van der Waals surface area contributed by atoms with Gasteiger partial charge in [-0.1, -0.05) is 17.7 Å². The van der Waals surface area contributed by atoms with Crippen LogP contribution in [0.15, 0.2) is 18.2 Å². The van der Waals surface area contributed by atoms with E-state index in [1.54, 1.807) is 0 Å². The van der Waals surface area contributed by atoms with Crippen LogP contribution in [0.3, 0.4) is 0 Å². The van der Waals surface area contributed by atoms with Crippen molar-refractivity contribution in [2.75, 3.05) is 5.32 Å². The Morgan fingerprint density at radius 3 is 2.37 bits per heavy atom. The quantitative estimate of drug-likeness (QED) is 0.649. The lowest BCUT2D eigenvalue weighted by Gasteiger charge is -2.19. The number of rotatable bonds is 3. The summed E-state index contributed by atoms with van der Waals surface area (Å²) in [6.45, 7) is 8.81. The topological polar surface area (TPSA) is 29.9 Å². The van der Waals surface area contributed by atoms with Crippen molar-refractivity contribution in [2.24, 2.45) is 0 Å². The first-order chi connectivity index (χ1) is 13.0. The number of benzene rings is 1. The molecule has 0 radical (unpaired) electrons. The molecule has 27 heavy (non-hydrogen) atoms. The van der Waals surface area contributed by atoms with Gasteiger partial charge in [0.1, 0.15) is 5.65 Å². The molecule has 0 amide bonds. The Kier molecular flexibility index (Phi) is 3.82. The van der Waals surface area contributed by atoms with E-state index in [4.69, 9.17) is 4.98 Å². The monoisotopic (exact) mass is 359 g/mol. The van der Waals surface area contributed by atoms with Gasteiger partial charge in [0, 0.05) is 28.5 Å². The van der Waals surface area contributed by atoms with Crippen molar-refractivity contribution in [1.82, 2.24) is 9.55 Å². The molecule has 2 heterocycles. The summed E-state index contributed by atoms with van der Waals surface area (Å²) < 4.78 is 2.50. The Balaban J connectivity index is 1.86. The number of aryl methyl sites for hydroxylation is 5. The molecule has 1 aromatic carbocycles. The Morgan fingerprint density at radius 2 is 1.67 bits per heavy atom. The third-order valence-electron chi connectivity index (χ3n) is 6.15. The third-order valence-corrected chi connectivity index (χ3v) is 6.15. The predicted molar refractivity (Wildman–Crippen MR) is 113 cm³/mol. The molecule has 0 bridgehead atoms. The number of fused-ring (bicyclic) bond motifs is 3. The van der Waals surface area contributed by atoms with E-state index in [1.165, 1.54) is 76.8 Å². The highest BCUT2D eigenvalue weighted by atomic mass is 15.1. The van der Waals surface area contributed by atoms with Crippen molar-refractivity contribution in [3.63, 3.8) is 0 Å². The number of aromatic nitrogens is 2. The summed E-state index contributed by atoms with van der Waals surface area (Å²) in [6, 6.07) is 7.53. The first-order valence-electron chi connectivity index (χ1n) is 10.4. The molecular formula is C24H29N3. The molecule has 3 heteroatoms. The van der Waals surface area contributed by atoms with Crippen LogP contribution in [0.25, 0.3) is 16.7 Å². The lowest BCUT2D eigenvalue weighted by molar-refractivity contribution is 0.665. The summed E-state index contributed by atoms with van der Waals surface area (Å²) in [6.07, 6.45) is 7.48. The van der Waals surface area contributed by atoms with Crippen molar-refractivity contribution >= 4 is 16.7 Å². The van der Waals surface area contributed by atoms with E-state index in [0.29, 0.717) is 6.04 Å². The van der Waals surface area contributed by atoms with Crippen molar-refractivity contribution in [1.29, 1.82) is 0 Å². The molecule has 0 aliphatic heterocycles. The van der Waals surface area contributed by atoms with Crippen molar-refractivity contribution in [2.45, 2.75) is 72.3 Å². The largest absolute Gasteiger partial charge is 0.382 e. The molecule has 0 atom stereocenters. The number of hydrogen-bond acceptors (Lipinski definition) is 2. The van der Waals surface area contributed by atoms with Gasteiger partial charge in [0.05, 0.1) is 5.69 Å². The van der Waals surface area contributed by atoms with Gasteiger partial charge in [0.15, 0.2) is 0 Å². The van der Waals surface area contributed by atoms with Gasteiger partial charge >= 0.3 is 0 Å². The molecule has 1 N–H and O–H groups in total. The maximum Gasteiger partial charge on any atom is 0.147 e. The predicted octanol–water partition coefficient (Wildman–Crippen LogP) is 5.71. The first-order valence-corrected chi connectivity index (χ1v) is 10.4. The Labute approximate surface area is 161 Å². The summed E-state index contributed by atoms with van der Waals surface area (Å²) in [5.41, 5.74) is 11.9. The molecule has 5 rings (SSSR count). The maximum absolute atomic E-state index is 5.07. The maximum atomic E-state index is 5.07. The summed E-state index contributed by atoms with van der Waals surface area (Å²) >= 11 is 0. The minimum absolute atomic E-state index is 0.653. The zero-order chi connectivity index (χ0) is 18.7. The number of nitrogens with one attached hydrogen (secondary N) is 1. The number of nitrogens with zero attached hydrogens (tertiary/aromatic N) is 2. The second kappa shape index (κ2) is 6.12. The van der Waals surface area contributed by atoms with E-state index in [1.807, 2.05) is 0 Å². The molecule has 2 aliphatic carbocycles. The molecule has 2 aliphatic rings. The van der Waals surface area contributed by atoms with Crippen LogP contribution in [0.4, 0.5) is 5.69 Å². The van der Waals surface area contributed by atoms with Crippen molar-refractivity contribution in [3.8, 4) is 5.69 Å². The zero-order valence-electron chi connectivity index (χ0n) is 16.9. The Bertz CT molecular complexity index is 1030. The normalized spacial score (nSPS) is 16.6. The van der Waals surface area contributed by atoms with Gasteiger partial charge in [0.2, 0.25) is 0 Å². The van der Waals surface area contributed by atoms with E-state index < -0.39 is 0 Å². The van der Waals surface area contributed by atoms with Crippen LogP contribution in [-0.4, -0.2) is 15.6 Å². The van der Waals surface area contributed by atoms with Gasteiger partial charge in [-0.25, -0.2) is 4.98 Å². The van der Waals surface area contributed by atoms with Crippen LogP contribution >= 0.6 is 0 Å². The van der Waals surface area contributed by atoms with Gasteiger partial charge in [-0.05, 0) is 89.0 Å². The summed E-state index contributed by atoms with van der Waals surface area (Å²) in [5.74, 6) is 0. The molecule has 0 spiro atoms. The fourth-order valence-electron chi connectivity index (χ4n) is 4.98. The molecule has 3 nitrogen and oxygen atoms in total. The van der Waals surface area contributed by atoms with Gasteiger partial charge in [-0.15, -0.1) is 0 Å². The van der Waals surface area contributed by atoms with E-state index >= 15 is 0 Å². The van der Waals surface area contributed by atoms with Crippen LogP contribution in [-0.2, 0) is 12.8 Å². The number of pyridine rings is 1. The average molecular weight is 360 g/mol. The first kappa shape index (κ1) is 16.9. The highest BCUT2D eigenvalue weighted by Gasteiger charge is 2.28. The molecule has 2 aromatic heterocycles. The summed E-state index contributed by atoms with van der Waals surface area (Å²) in [4.78, 5) is 5.07. The van der Waals surface area contributed by atoms with E-state index in [2.05, 4.69) is 55.8 Å². The molecular weight excluding hydrogens is 330 g/mol. The second-order valence-electron chi connectivity index (χ2n) is 8.64. The fourth-order valence-corrected chi connectivity index (χ4v) is 4.98. The minimum Gasteiger partial charge on any atom is -0.382 e. The van der Waals surface area contributed by atoms with E-state index in [0.717, 1.165) is 17.8 Å². The fraction of sp³-hybridized carbons (Fsp3) is 0.458. The van der Waals surface area contributed by atoms with Crippen LogP contribution in [0.1, 0.15) is 59.3 Å². The number of hydrogen-bond donors (Lipinski definition) is 1. The lowest BCUT2D eigenvalue weighted by atomic mass is 9.95. The van der Waals surface area contributed by atoms with Crippen LogP contribution < -0.4 is 5.32 Å². The van der Waals surface area contributed by atoms with Crippen LogP contribution in [0.5, 0.6) is 0 Å². The second-order valence-corrected chi connectivity index (χ2v) is 8.64. The van der Waals surface area contributed by atoms with Gasteiger partial charge in [0.25, 0.3) is 0 Å². The molecule has 140 valence electrons. The summed E-state index contributed by atoms with van der Waals surface area (Å²) in [5, 5.41) is 5.18. The molecule has 3 aromatic rings. The standard InChI is InChI=1S/C24H29N3/c1-14-11-15(2)23(16(3)12-14)27-21-8-6-5-7-19(21)22-20(26-18-9-10-18)13-17(4)25-24(22)27/h11-13,18H,5-10H2,1-4H3,(H,25,26). The van der Waals surface area contributed by atoms with E-state index in [9.17, 15) is 0 Å². The van der Waals surface area contributed by atoms with Crippen LogP contribution in [0.2, 0.25) is 0 Å². The van der Waals surface area contributed by atoms with Gasteiger partial charge in [-0.3, -0.25) is 4.57 Å². The summed E-state index contributed by atoms with van der Waals surface area (Å²) in [7, 11) is 0. The highest BCUT2D eigenvalue weighted by molar-refractivity contribution is 5.96. The van der Waals surface area contributed by atoms with Crippen molar-refractivity contribution in [3.05, 3.63) is 51.8 Å². The van der Waals surface area contributed by atoms with E-state index in [-0.39, 0.29) is 0 Å². The average Bonchev–Trinajstić information content (AvgIpc) is 3.36. The van der Waals surface area contributed by atoms with Gasteiger partial charge in [-0.2, -0.15) is 0 Å². The molecule has 0 saturated heterocycles. The van der Waals surface area contributed by atoms with Gasteiger partial charge < -0.3 is 5.32 Å². The molecule has 1 fully saturated rings. The molecule has 0 unspecified atom stereocenters. The van der Waals surface area contributed by atoms with Crippen LogP contribution in [0, 0.1) is 27.7 Å². The third kappa shape index (κ3) is 2.75. The lowest BCUT2D eigenvalue weighted by Crippen LogP contribution is -2.09. The Morgan fingerprint density at radius 1 is 0.963 bits per heavy atom. The Hall–Kier alpha value is -2.29. The highest BCUT2D eigenvalue weighted by Crippen LogP contribution is 2.40. The number of anilines is 1. The zero-order valence-corrected chi connectivity index (χ0v) is 16.9.